The van der Waals surface area contributed by atoms with Crippen LogP contribution < -0.4 is 4.90 Å². The van der Waals surface area contributed by atoms with E-state index in [-0.39, 0.29) is 0 Å². The SMILES string of the molecule is c1ccc2c(N3CC[N+]4(CC3)CC3CC3C4)nsc2c1. The first-order valence-corrected chi connectivity index (χ1v) is 8.55. The average molecular weight is 286 g/mol. The Bertz CT molecular complexity index is 645. The smallest absolute Gasteiger partial charge is 0.150 e. The van der Waals surface area contributed by atoms with E-state index in [1.807, 2.05) is 0 Å². The lowest BCUT2D eigenvalue weighted by atomic mass is 10.2. The van der Waals surface area contributed by atoms with Crippen LogP contribution in [0.1, 0.15) is 6.42 Å². The van der Waals surface area contributed by atoms with E-state index in [0.29, 0.717) is 0 Å². The molecule has 2 aliphatic heterocycles. The number of hydrogen-bond acceptors (Lipinski definition) is 3. The number of hydrogen-bond donors (Lipinski definition) is 0. The molecule has 1 aromatic heterocycles. The maximum atomic E-state index is 4.72. The molecule has 3 heterocycles. The van der Waals surface area contributed by atoms with Crippen LogP contribution in [-0.2, 0) is 0 Å². The standard InChI is InChI=1S/C16H20N3S/c1-2-4-15-14(3-1)16(17-20-15)18-5-7-19(8-6-18)10-12-9-13(12)11-19/h1-4,12-13H,5-11H2/q+1. The molecule has 5 rings (SSSR count). The van der Waals surface area contributed by atoms with E-state index >= 15 is 0 Å². The van der Waals surface area contributed by atoms with E-state index in [9.17, 15) is 0 Å². The number of rotatable bonds is 1. The number of quaternary nitrogens is 1. The van der Waals surface area contributed by atoms with Crippen molar-refractivity contribution in [3.8, 4) is 0 Å². The molecule has 3 nitrogen and oxygen atoms in total. The second-order valence-electron chi connectivity index (χ2n) is 6.90. The third-order valence-corrected chi connectivity index (χ3v) is 6.48. The second kappa shape index (κ2) is 3.95. The van der Waals surface area contributed by atoms with Gasteiger partial charge in [-0.3, -0.25) is 0 Å². The molecule has 0 N–H and O–H groups in total. The van der Waals surface area contributed by atoms with Gasteiger partial charge in [0.1, 0.15) is 0 Å². The number of piperazine rings is 1. The molecule has 1 spiro atoms. The van der Waals surface area contributed by atoms with Crippen LogP contribution in [0.25, 0.3) is 10.1 Å². The molecule has 104 valence electrons. The highest BCUT2D eigenvalue weighted by atomic mass is 32.1. The summed E-state index contributed by atoms with van der Waals surface area (Å²) >= 11 is 1.64. The van der Waals surface area contributed by atoms with Crippen LogP contribution >= 0.6 is 11.5 Å². The molecule has 2 aromatic rings. The van der Waals surface area contributed by atoms with Crippen LogP contribution in [0.2, 0.25) is 0 Å². The Morgan fingerprint density at radius 3 is 2.65 bits per heavy atom. The monoisotopic (exact) mass is 286 g/mol. The lowest BCUT2D eigenvalue weighted by Gasteiger charge is -2.43. The lowest BCUT2D eigenvalue weighted by molar-refractivity contribution is -0.922. The summed E-state index contributed by atoms with van der Waals surface area (Å²) in [7, 11) is 0. The second-order valence-corrected chi connectivity index (χ2v) is 7.70. The van der Waals surface area contributed by atoms with Crippen molar-refractivity contribution in [3.63, 3.8) is 0 Å². The highest BCUT2D eigenvalue weighted by Crippen LogP contribution is 2.49. The van der Waals surface area contributed by atoms with Crippen molar-refractivity contribution >= 4 is 27.4 Å². The maximum absolute atomic E-state index is 4.72. The molecule has 3 fully saturated rings. The number of fused-ring (bicyclic) bond motifs is 2. The van der Waals surface area contributed by atoms with Gasteiger partial charge in [-0.25, -0.2) is 0 Å². The largest absolute Gasteiger partial charge is 0.344 e. The Labute approximate surface area is 123 Å². The van der Waals surface area contributed by atoms with Crippen molar-refractivity contribution in [1.82, 2.24) is 4.37 Å². The molecule has 0 amide bonds. The van der Waals surface area contributed by atoms with Crippen LogP contribution in [0.4, 0.5) is 5.82 Å². The summed E-state index contributed by atoms with van der Waals surface area (Å²) in [5.41, 5.74) is 0. The van der Waals surface area contributed by atoms with E-state index in [2.05, 4.69) is 29.2 Å². The Kier molecular flexibility index (Phi) is 2.28. The van der Waals surface area contributed by atoms with Crippen molar-refractivity contribution in [2.45, 2.75) is 6.42 Å². The van der Waals surface area contributed by atoms with E-state index in [1.165, 1.54) is 66.1 Å². The van der Waals surface area contributed by atoms with Crippen molar-refractivity contribution < 1.29 is 4.48 Å². The highest BCUT2D eigenvalue weighted by Gasteiger charge is 2.55. The Balaban J connectivity index is 1.38. The van der Waals surface area contributed by atoms with Crippen molar-refractivity contribution in [2.24, 2.45) is 11.8 Å². The quantitative estimate of drug-likeness (QED) is 0.749. The van der Waals surface area contributed by atoms with Crippen LogP contribution in [-0.4, -0.2) is 48.1 Å². The molecule has 3 aliphatic rings. The van der Waals surface area contributed by atoms with Gasteiger partial charge in [0.15, 0.2) is 5.82 Å². The van der Waals surface area contributed by atoms with Gasteiger partial charge < -0.3 is 9.38 Å². The molecule has 20 heavy (non-hydrogen) atoms. The summed E-state index contributed by atoms with van der Waals surface area (Å²) in [5.74, 6) is 3.40. The first kappa shape index (κ1) is 11.5. The third-order valence-electron chi connectivity index (χ3n) is 5.66. The van der Waals surface area contributed by atoms with Gasteiger partial charge in [0, 0.05) is 17.2 Å². The summed E-state index contributed by atoms with van der Waals surface area (Å²) in [6.45, 7) is 7.98. The Morgan fingerprint density at radius 1 is 1.10 bits per heavy atom. The van der Waals surface area contributed by atoms with Gasteiger partial charge in [-0.1, -0.05) is 12.1 Å². The number of piperidine rings is 1. The topological polar surface area (TPSA) is 16.1 Å². The summed E-state index contributed by atoms with van der Waals surface area (Å²) in [6, 6.07) is 8.64. The zero-order valence-electron chi connectivity index (χ0n) is 11.7. The summed E-state index contributed by atoms with van der Waals surface area (Å²) in [4.78, 5) is 2.52. The minimum absolute atomic E-state index is 1.08. The summed E-state index contributed by atoms with van der Waals surface area (Å²) < 4.78 is 7.45. The molecule has 1 aromatic carbocycles. The zero-order valence-corrected chi connectivity index (χ0v) is 12.5. The molecule has 2 saturated heterocycles. The maximum Gasteiger partial charge on any atom is 0.150 e. The number of anilines is 1. The van der Waals surface area contributed by atoms with Crippen LogP contribution in [0.3, 0.4) is 0 Å². The average Bonchev–Trinajstić information content (AvgIpc) is 2.93. The van der Waals surface area contributed by atoms with E-state index in [1.54, 1.807) is 11.5 Å². The zero-order chi connectivity index (χ0) is 13.2. The fraction of sp³-hybridized carbons (Fsp3) is 0.562. The Morgan fingerprint density at radius 2 is 1.85 bits per heavy atom. The number of aromatic nitrogens is 1. The molecule has 0 radical (unpaired) electrons. The molecule has 2 atom stereocenters. The van der Waals surface area contributed by atoms with Crippen molar-refractivity contribution in [1.29, 1.82) is 0 Å². The van der Waals surface area contributed by atoms with Gasteiger partial charge in [0.05, 0.1) is 44.0 Å². The summed E-state index contributed by atoms with van der Waals surface area (Å²) in [6.07, 6.45) is 1.53. The molecule has 4 heteroatoms. The lowest BCUT2D eigenvalue weighted by Crippen LogP contribution is -2.59. The van der Waals surface area contributed by atoms with Gasteiger partial charge in [-0.15, -0.1) is 0 Å². The van der Waals surface area contributed by atoms with Gasteiger partial charge in [0.2, 0.25) is 0 Å². The first-order valence-electron chi connectivity index (χ1n) is 7.77. The molecular formula is C16H20N3S+. The van der Waals surface area contributed by atoms with E-state index in [0.717, 1.165) is 11.8 Å². The Hall–Kier alpha value is -1.13. The van der Waals surface area contributed by atoms with Gasteiger partial charge in [-0.05, 0) is 30.1 Å². The van der Waals surface area contributed by atoms with Crippen LogP contribution in [0.5, 0.6) is 0 Å². The number of benzene rings is 1. The number of nitrogens with zero attached hydrogens (tertiary/aromatic N) is 3. The minimum atomic E-state index is 1.08. The summed E-state index contributed by atoms with van der Waals surface area (Å²) in [5, 5.41) is 1.34. The van der Waals surface area contributed by atoms with Crippen molar-refractivity contribution in [3.05, 3.63) is 24.3 Å². The van der Waals surface area contributed by atoms with Gasteiger partial charge >= 0.3 is 0 Å². The van der Waals surface area contributed by atoms with Crippen molar-refractivity contribution in [2.75, 3.05) is 44.2 Å². The predicted octanol–water partition coefficient (Wildman–Crippen LogP) is 2.58. The molecule has 1 aliphatic carbocycles. The predicted molar refractivity (Wildman–Crippen MR) is 83.2 cm³/mol. The van der Waals surface area contributed by atoms with E-state index < -0.39 is 0 Å². The molecular weight excluding hydrogens is 266 g/mol. The fourth-order valence-electron chi connectivity index (χ4n) is 4.39. The van der Waals surface area contributed by atoms with Crippen LogP contribution in [0, 0.1) is 11.8 Å². The highest BCUT2D eigenvalue weighted by molar-refractivity contribution is 7.13. The molecule has 1 saturated carbocycles. The van der Waals surface area contributed by atoms with Gasteiger partial charge in [0.25, 0.3) is 0 Å². The minimum Gasteiger partial charge on any atom is -0.344 e. The third kappa shape index (κ3) is 1.64. The van der Waals surface area contributed by atoms with E-state index in [4.69, 9.17) is 4.37 Å². The molecule has 2 unspecified atom stereocenters. The van der Waals surface area contributed by atoms with Gasteiger partial charge in [-0.2, -0.15) is 4.37 Å². The normalized spacial score (nSPS) is 30.9. The van der Waals surface area contributed by atoms with Crippen LogP contribution in [0.15, 0.2) is 24.3 Å². The molecule has 0 bridgehead atoms. The first-order chi connectivity index (χ1) is 9.83. The fourth-order valence-corrected chi connectivity index (χ4v) is 5.19.